The monoisotopic (exact) mass is 1380 g/mol. The van der Waals surface area contributed by atoms with E-state index >= 15 is 0 Å². The van der Waals surface area contributed by atoms with Crippen molar-refractivity contribution in [1.82, 2.24) is 0 Å². The van der Waals surface area contributed by atoms with Crippen molar-refractivity contribution in [2.75, 3.05) is 39.6 Å². The fraction of sp³-hybridized carbons (Fsp3) is 0.753. The minimum atomic E-state index is -4.93. The number of aliphatic hydroxyl groups is 2. The van der Waals surface area contributed by atoms with E-state index < -0.39 is 91.5 Å². The van der Waals surface area contributed by atoms with Gasteiger partial charge in [0.2, 0.25) is 0 Å². The molecule has 4 N–H and O–H groups in total. The first kappa shape index (κ1) is 91.5. The maximum absolute atomic E-state index is 12.9. The van der Waals surface area contributed by atoms with Gasteiger partial charge in [-0.2, -0.15) is 0 Å². The number of rotatable bonds is 71. The molecule has 0 rings (SSSR count). The van der Waals surface area contributed by atoms with Crippen LogP contribution in [0.4, 0.5) is 0 Å². The fourth-order valence-electron chi connectivity index (χ4n) is 10.1. The van der Waals surface area contributed by atoms with Crippen LogP contribution in [0.1, 0.15) is 316 Å². The highest BCUT2D eigenvalue weighted by molar-refractivity contribution is 7.47. The Morgan fingerprint density at radius 3 is 0.905 bits per heavy atom. The van der Waals surface area contributed by atoms with Gasteiger partial charge in [0, 0.05) is 19.3 Å². The molecule has 0 heterocycles. The number of hydrogen-bond donors (Lipinski definition) is 4. The standard InChI is InChI=1S/C77H136O16P2/c1-4-7-10-13-16-19-22-25-27-29-31-32-33-34-35-36-37-38-40-42-43-46-48-51-54-57-60-63-75(80)87-66-72(78)67-89-94(83,84)90-68-73(79)69-91-95(85,86)92-71-74(93-77(82)65-62-59-56-53-50-45-24-21-18-15-12-9-6-3)70-88-76(81)64-61-58-55-52-49-47-44-41-39-30-28-26-23-20-17-14-11-8-5-2/h7,10,16-17,19-20,25-28,31-32,34-35,39,41,72-74,78-79H,4-6,8-9,11-15,18,21-24,29-30,33,36-38,40,42-71H2,1-3H3,(H,83,84)(H,85,86)/b10-7-,19-16-,20-17-,27-25-,28-26-,32-31-,35-34-,41-39-. The van der Waals surface area contributed by atoms with E-state index in [-0.39, 0.29) is 19.3 Å². The number of allylic oxidation sites excluding steroid dienone is 16. The summed E-state index contributed by atoms with van der Waals surface area (Å²) in [4.78, 5) is 58.5. The summed E-state index contributed by atoms with van der Waals surface area (Å²) in [7, 11) is -9.78. The molecule has 0 saturated carbocycles. The van der Waals surface area contributed by atoms with E-state index in [0.717, 1.165) is 141 Å². The molecule has 0 amide bonds. The number of phosphoric ester groups is 2. The van der Waals surface area contributed by atoms with Gasteiger partial charge in [-0.1, -0.05) is 291 Å². The SMILES string of the molecule is CC/C=C\C/C=C\C/C=C\C/C=C\C/C=C\CCCCCCCCCCCCCC(=O)OCC(O)COP(=O)(O)OCC(O)COP(=O)(O)OCC(COC(=O)CCCCCCCC/C=C\C/C=C\C/C=C\CCCCC)OC(=O)CCCCCCCCCCCCCCC. The van der Waals surface area contributed by atoms with Crippen molar-refractivity contribution in [3.05, 3.63) is 97.2 Å². The molecule has 5 atom stereocenters. The van der Waals surface area contributed by atoms with E-state index in [2.05, 4.69) is 118 Å². The van der Waals surface area contributed by atoms with E-state index in [1.165, 1.54) is 116 Å². The molecular weight excluding hydrogens is 1240 g/mol. The number of aliphatic hydroxyl groups excluding tert-OH is 2. The Bertz CT molecular complexity index is 2120. The van der Waals surface area contributed by atoms with Crippen molar-refractivity contribution in [2.24, 2.45) is 0 Å². The third kappa shape index (κ3) is 71.6. The molecule has 0 bridgehead atoms. The van der Waals surface area contributed by atoms with Crippen LogP contribution in [-0.2, 0) is 55.8 Å². The number of esters is 3. The van der Waals surface area contributed by atoms with Crippen molar-refractivity contribution in [1.29, 1.82) is 0 Å². The molecule has 0 aliphatic heterocycles. The van der Waals surface area contributed by atoms with E-state index in [4.69, 9.17) is 32.3 Å². The number of carbonyl (C=O) groups excluding carboxylic acids is 3. The minimum absolute atomic E-state index is 0.105. The average molecular weight is 1380 g/mol. The molecule has 0 aromatic carbocycles. The number of carbonyl (C=O) groups is 3. The molecule has 0 aliphatic carbocycles. The van der Waals surface area contributed by atoms with Crippen LogP contribution in [-0.4, -0.2) is 95.9 Å². The van der Waals surface area contributed by atoms with Gasteiger partial charge in [-0.05, 0) is 103 Å². The minimum Gasteiger partial charge on any atom is -0.463 e. The average Bonchev–Trinajstić information content (AvgIpc) is 1.81. The second-order valence-corrected chi connectivity index (χ2v) is 28.0. The highest BCUT2D eigenvalue weighted by atomic mass is 31.2. The van der Waals surface area contributed by atoms with Gasteiger partial charge in [0.1, 0.15) is 25.4 Å². The van der Waals surface area contributed by atoms with Crippen LogP contribution in [0.25, 0.3) is 0 Å². The first-order valence-electron chi connectivity index (χ1n) is 37.5. The third-order valence-corrected chi connectivity index (χ3v) is 17.7. The van der Waals surface area contributed by atoms with Gasteiger partial charge < -0.3 is 34.2 Å². The molecule has 0 aromatic heterocycles. The van der Waals surface area contributed by atoms with Crippen molar-refractivity contribution in [3.8, 4) is 0 Å². The summed E-state index contributed by atoms with van der Waals surface area (Å²) in [6.45, 7) is 2.54. The normalized spacial score (nSPS) is 14.6. The largest absolute Gasteiger partial charge is 0.472 e. The van der Waals surface area contributed by atoms with Gasteiger partial charge in [0.15, 0.2) is 6.10 Å². The van der Waals surface area contributed by atoms with Gasteiger partial charge in [-0.3, -0.25) is 32.5 Å². The predicted molar refractivity (Wildman–Crippen MR) is 390 cm³/mol. The quantitative estimate of drug-likeness (QED) is 0.0146. The summed E-state index contributed by atoms with van der Waals surface area (Å²) < 4.78 is 61.0. The van der Waals surface area contributed by atoms with E-state index in [1.807, 2.05) is 0 Å². The van der Waals surface area contributed by atoms with Gasteiger partial charge in [0.25, 0.3) is 0 Å². The second-order valence-electron chi connectivity index (χ2n) is 25.1. The lowest BCUT2D eigenvalue weighted by atomic mass is 10.0. The Balaban J connectivity index is 4.51. The van der Waals surface area contributed by atoms with Gasteiger partial charge in [0.05, 0.1) is 26.4 Å². The van der Waals surface area contributed by atoms with Crippen molar-refractivity contribution in [3.63, 3.8) is 0 Å². The summed E-state index contributed by atoms with van der Waals surface area (Å²) in [5.74, 6) is -1.58. The van der Waals surface area contributed by atoms with E-state index in [1.54, 1.807) is 0 Å². The zero-order valence-electron chi connectivity index (χ0n) is 59.8. The zero-order chi connectivity index (χ0) is 69.5. The first-order chi connectivity index (χ1) is 46.2. The number of phosphoric acid groups is 2. The summed E-state index contributed by atoms with van der Waals surface area (Å²) >= 11 is 0. The van der Waals surface area contributed by atoms with Gasteiger partial charge in [-0.15, -0.1) is 0 Å². The summed E-state index contributed by atoms with van der Waals surface area (Å²) in [5.41, 5.74) is 0. The maximum Gasteiger partial charge on any atom is 0.472 e. The first-order valence-corrected chi connectivity index (χ1v) is 40.5. The number of ether oxygens (including phenoxy) is 3. The summed E-state index contributed by atoms with van der Waals surface area (Å²) in [6, 6.07) is 0. The molecule has 0 fully saturated rings. The molecule has 5 unspecified atom stereocenters. The number of unbranched alkanes of at least 4 members (excludes halogenated alkanes) is 32. The topological polar surface area (TPSA) is 231 Å². The molecule has 0 aliphatic rings. The molecule has 0 radical (unpaired) electrons. The molecule has 16 nitrogen and oxygen atoms in total. The van der Waals surface area contributed by atoms with E-state index in [0.29, 0.717) is 19.3 Å². The van der Waals surface area contributed by atoms with Crippen molar-refractivity contribution >= 4 is 33.6 Å². The molecule has 0 aromatic rings. The second kappa shape index (κ2) is 70.3. The lowest BCUT2D eigenvalue weighted by Gasteiger charge is -2.21. The Labute approximate surface area is 578 Å². The van der Waals surface area contributed by atoms with E-state index in [9.17, 15) is 43.5 Å². The fourth-order valence-corrected chi connectivity index (χ4v) is 11.7. The molecular formula is C77H136O16P2. The Kier molecular flexibility index (Phi) is 67.7. The number of hydrogen-bond acceptors (Lipinski definition) is 14. The van der Waals surface area contributed by atoms with Gasteiger partial charge >= 0.3 is 33.6 Å². The Morgan fingerprint density at radius 1 is 0.305 bits per heavy atom. The molecule has 18 heteroatoms. The van der Waals surface area contributed by atoms with Crippen LogP contribution in [0.15, 0.2) is 97.2 Å². The zero-order valence-corrected chi connectivity index (χ0v) is 61.6. The van der Waals surface area contributed by atoms with Gasteiger partial charge in [-0.25, -0.2) is 9.13 Å². The Morgan fingerprint density at radius 2 is 0.558 bits per heavy atom. The Hall–Kier alpha value is -3.53. The molecule has 0 saturated heterocycles. The van der Waals surface area contributed by atoms with Crippen LogP contribution in [0.3, 0.4) is 0 Å². The summed E-state index contributed by atoms with van der Waals surface area (Å²) in [6.07, 6.45) is 78.8. The highest BCUT2D eigenvalue weighted by Gasteiger charge is 2.29. The van der Waals surface area contributed by atoms with Crippen LogP contribution < -0.4 is 0 Å². The maximum atomic E-state index is 12.9. The van der Waals surface area contributed by atoms with Crippen LogP contribution in [0, 0.1) is 0 Å². The van der Waals surface area contributed by atoms with Crippen LogP contribution >= 0.6 is 15.6 Å². The molecule has 95 heavy (non-hydrogen) atoms. The van der Waals surface area contributed by atoms with Crippen LogP contribution in [0.2, 0.25) is 0 Å². The predicted octanol–water partition coefficient (Wildman–Crippen LogP) is 21.4. The van der Waals surface area contributed by atoms with Crippen molar-refractivity contribution < 1.29 is 75.8 Å². The summed E-state index contributed by atoms with van der Waals surface area (Å²) in [5, 5.41) is 20.6. The molecule has 550 valence electrons. The highest BCUT2D eigenvalue weighted by Crippen LogP contribution is 2.45. The lowest BCUT2D eigenvalue weighted by Crippen LogP contribution is -2.30. The van der Waals surface area contributed by atoms with Crippen LogP contribution in [0.5, 0.6) is 0 Å². The lowest BCUT2D eigenvalue weighted by molar-refractivity contribution is -0.161. The smallest absolute Gasteiger partial charge is 0.463 e. The third-order valence-electron chi connectivity index (χ3n) is 15.8. The van der Waals surface area contributed by atoms with Crippen molar-refractivity contribution in [2.45, 2.75) is 334 Å². The molecule has 0 spiro atoms.